The zero-order valence-electron chi connectivity index (χ0n) is 16.4. The van der Waals surface area contributed by atoms with Gasteiger partial charge in [-0.05, 0) is 25.0 Å². The minimum atomic E-state index is -0.0819. The van der Waals surface area contributed by atoms with Crippen molar-refractivity contribution in [1.29, 1.82) is 0 Å². The van der Waals surface area contributed by atoms with Gasteiger partial charge in [0.25, 0.3) is 0 Å². The molecule has 8 heteroatoms. The molecule has 0 aliphatic carbocycles. The van der Waals surface area contributed by atoms with Crippen molar-refractivity contribution in [2.24, 2.45) is 5.92 Å². The number of para-hydroxylation sites is 1. The van der Waals surface area contributed by atoms with E-state index in [0.717, 1.165) is 36.5 Å². The van der Waals surface area contributed by atoms with Crippen molar-refractivity contribution in [3.8, 4) is 11.6 Å². The van der Waals surface area contributed by atoms with E-state index >= 15 is 0 Å². The quantitative estimate of drug-likeness (QED) is 0.692. The summed E-state index contributed by atoms with van der Waals surface area (Å²) in [5.41, 5.74) is 0.968. The molecule has 1 aliphatic heterocycles. The predicted octanol–water partition coefficient (Wildman–Crippen LogP) is 2.20. The Morgan fingerprint density at radius 1 is 1.24 bits per heavy atom. The highest BCUT2D eigenvalue weighted by molar-refractivity contribution is 5.79. The Kier molecular flexibility index (Phi) is 5.69. The number of ether oxygens (including phenoxy) is 1. The van der Waals surface area contributed by atoms with E-state index in [1.807, 2.05) is 42.6 Å². The van der Waals surface area contributed by atoms with Crippen LogP contribution in [0.2, 0.25) is 0 Å². The number of nitrogens with one attached hydrogen (secondary N) is 1. The molecule has 3 aromatic rings. The SMILES string of the molecule is COc1ccccc1CNC(=O)C1CCCN(c2cc(-n3cccn3)ncn2)C1. The van der Waals surface area contributed by atoms with E-state index in [4.69, 9.17) is 4.74 Å². The van der Waals surface area contributed by atoms with Crippen LogP contribution in [0, 0.1) is 5.92 Å². The fourth-order valence-electron chi connectivity index (χ4n) is 3.61. The third-order valence-corrected chi connectivity index (χ3v) is 5.14. The molecule has 1 aromatic carbocycles. The van der Waals surface area contributed by atoms with E-state index in [-0.39, 0.29) is 11.8 Å². The number of hydrogen-bond donors (Lipinski definition) is 1. The molecule has 0 bridgehead atoms. The van der Waals surface area contributed by atoms with Crippen LogP contribution in [0.5, 0.6) is 5.75 Å². The van der Waals surface area contributed by atoms with Crippen molar-refractivity contribution < 1.29 is 9.53 Å². The average molecular weight is 392 g/mol. The molecule has 1 aliphatic rings. The minimum absolute atomic E-state index is 0.0574. The third kappa shape index (κ3) is 4.37. The van der Waals surface area contributed by atoms with Crippen molar-refractivity contribution >= 4 is 11.7 Å². The number of anilines is 1. The molecular weight excluding hydrogens is 368 g/mol. The number of carbonyl (C=O) groups is 1. The number of piperidine rings is 1. The average Bonchev–Trinajstić information content (AvgIpc) is 3.33. The van der Waals surface area contributed by atoms with Crippen molar-refractivity contribution in [2.75, 3.05) is 25.1 Å². The molecule has 1 unspecified atom stereocenters. The van der Waals surface area contributed by atoms with Crippen molar-refractivity contribution in [2.45, 2.75) is 19.4 Å². The Hall–Kier alpha value is -3.42. The molecular formula is C21H24N6O2. The second-order valence-corrected chi connectivity index (χ2v) is 7.00. The van der Waals surface area contributed by atoms with Gasteiger partial charge in [0.05, 0.1) is 13.0 Å². The summed E-state index contributed by atoms with van der Waals surface area (Å²) in [4.78, 5) is 23.6. The molecule has 1 atom stereocenters. The fraction of sp³-hybridized carbons (Fsp3) is 0.333. The molecule has 4 rings (SSSR count). The highest BCUT2D eigenvalue weighted by Crippen LogP contribution is 2.23. The van der Waals surface area contributed by atoms with Crippen LogP contribution < -0.4 is 15.0 Å². The number of nitrogens with zero attached hydrogens (tertiary/aromatic N) is 5. The number of aromatic nitrogens is 4. The third-order valence-electron chi connectivity index (χ3n) is 5.14. The van der Waals surface area contributed by atoms with Gasteiger partial charge in [-0.3, -0.25) is 4.79 Å². The highest BCUT2D eigenvalue weighted by Gasteiger charge is 2.26. The number of carbonyl (C=O) groups excluding carboxylic acids is 1. The summed E-state index contributed by atoms with van der Waals surface area (Å²) in [6.07, 6.45) is 6.90. The van der Waals surface area contributed by atoms with E-state index in [9.17, 15) is 4.79 Å². The minimum Gasteiger partial charge on any atom is -0.496 e. The second kappa shape index (κ2) is 8.72. The summed E-state index contributed by atoms with van der Waals surface area (Å²) in [7, 11) is 1.64. The van der Waals surface area contributed by atoms with Gasteiger partial charge in [0.15, 0.2) is 5.82 Å². The molecule has 1 N–H and O–H groups in total. The standard InChI is InChI=1S/C21H24N6O2/c1-29-18-8-3-2-6-16(18)13-22-21(28)17-7-4-10-26(14-17)19-12-20(24-15-23-19)27-11-5-9-25-27/h2-3,5-6,8-9,11-12,15,17H,4,7,10,13-14H2,1H3,(H,22,28). The molecule has 2 aromatic heterocycles. The van der Waals surface area contributed by atoms with Gasteiger partial charge in [-0.2, -0.15) is 5.10 Å². The van der Waals surface area contributed by atoms with E-state index in [0.29, 0.717) is 18.9 Å². The van der Waals surface area contributed by atoms with Gasteiger partial charge < -0.3 is 15.0 Å². The first kappa shape index (κ1) is 18.9. The van der Waals surface area contributed by atoms with Gasteiger partial charge in [0, 0.05) is 43.7 Å². The Morgan fingerprint density at radius 2 is 2.10 bits per heavy atom. The van der Waals surface area contributed by atoms with E-state index in [2.05, 4.69) is 25.3 Å². The number of rotatable bonds is 6. The summed E-state index contributed by atoms with van der Waals surface area (Å²) in [6.45, 7) is 1.95. The topological polar surface area (TPSA) is 85.2 Å². The fourth-order valence-corrected chi connectivity index (χ4v) is 3.61. The van der Waals surface area contributed by atoms with Gasteiger partial charge in [-0.1, -0.05) is 18.2 Å². The van der Waals surface area contributed by atoms with E-state index in [1.54, 1.807) is 18.0 Å². The molecule has 150 valence electrons. The molecule has 1 amide bonds. The first-order valence-electron chi connectivity index (χ1n) is 9.71. The second-order valence-electron chi connectivity index (χ2n) is 7.00. The van der Waals surface area contributed by atoms with Crippen LogP contribution in [0.25, 0.3) is 5.82 Å². The van der Waals surface area contributed by atoms with Crippen LogP contribution >= 0.6 is 0 Å². The molecule has 29 heavy (non-hydrogen) atoms. The smallest absolute Gasteiger partial charge is 0.225 e. The van der Waals surface area contributed by atoms with Crippen LogP contribution in [0.15, 0.2) is 55.1 Å². The zero-order chi connectivity index (χ0) is 20.1. The van der Waals surface area contributed by atoms with Crippen LogP contribution in [-0.4, -0.2) is 45.9 Å². The molecule has 0 radical (unpaired) electrons. The highest BCUT2D eigenvalue weighted by atomic mass is 16.5. The largest absolute Gasteiger partial charge is 0.496 e. The summed E-state index contributed by atoms with van der Waals surface area (Å²) in [5.74, 6) is 2.28. The van der Waals surface area contributed by atoms with Crippen molar-refractivity contribution in [1.82, 2.24) is 25.1 Å². The molecule has 8 nitrogen and oxygen atoms in total. The number of hydrogen-bond acceptors (Lipinski definition) is 6. The lowest BCUT2D eigenvalue weighted by molar-refractivity contribution is -0.125. The maximum Gasteiger partial charge on any atom is 0.225 e. The van der Waals surface area contributed by atoms with Gasteiger partial charge >= 0.3 is 0 Å². The number of benzene rings is 1. The maximum atomic E-state index is 12.8. The van der Waals surface area contributed by atoms with Gasteiger partial charge in [0.1, 0.15) is 17.9 Å². The van der Waals surface area contributed by atoms with Crippen LogP contribution in [-0.2, 0) is 11.3 Å². The summed E-state index contributed by atoms with van der Waals surface area (Å²) in [6, 6.07) is 11.5. The van der Waals surface area contributed by atoms with Crippen LogP contribution in [0.1, 0.15) is 18.4 Å². The number of amides is 1. The molecule has 1 fully saturated rings. The maximum absolute atomic E-state index is 12.8. The number of methoxy groups -OCH3 is 1. The van der Waals surface area contributed by atoms with Gasteiger partial charge in [-0.25, -0.2) is 14.6 Å². The first-order valence-corrected chi connectivity index (χ1v) is 9.71. The van der Waals surface area contributed by atoms with Crippen molar-refractivity contribution in [3.05, 3.63) is 60.7 Å². The summed E-state index contributed by atoms with van der Waals surface area (Å²) in [5, 5.41) is 7.27. The Labute approximate surface area is 169 Å². The Morgan fingerprint density at radius 3 is 2.93 bits per heavy atom. The monoisotopic (exact) mass is 392 g/mol. The van der Waals surface area contributed by atoms with Gasteiger partial charge in [-0.15, -0.1) is 0 Å². The molecule has 3 heterocycles. The van der Waals surface area contributed by atoms with Gasteiger partial charge in [0.2, 0.25) is 5.91 Å². The normalized spacial score (nSPS) is 16.4. The lowest BCUT2D eigenvalue weighted by Gasteiger charge is -2.33. The lowest BCUT2D eigenvalue weighted by atomic mass is 9.97. The van der Waals surface area contributed by atoms with Crippen molar-refractivity contribution in [3.63, 3.8) is 0 Å². The van der Waals surface area contributed by atoms with E-state index < -0.39 is 0 Å². The first-order chi connectivity index (χ1) is 14.2. The van der Waals surface area contributed by atoms with E-state index in [1.165, 1.54) is 6.33 Å². The lowest BCUT2D eigenvalue weighted by Crippen LogP contribution is -2.43. The predicted molar refractivity (Wildman–Crippen MR) is 109 cm³/mol. The summed E-state index contributed by atoms with van der Waals surface area (Å²) >= 11 is 0. The van der Waals surface area contributed by atoms with Crippen LogP contribution in [0.4, 0.5) is 5.82 Å². The molecule has 0 spiro atoms. The molecule has 0 saturated carbocycles. The summed E-state index contributed by atoms with van der Waals surface area (Å²) < 4.78 is 7.06. The van der Waals surface area contributed by atoms with Crippen LogP contribution in [0.3, 0.4) is 0 Å². The Balaban J connectivity index is 1.40. The Bertz CT molecular complexity index is 959. The zero-order valence-corrected chi connectivity index (χ0v) is 16.4. The molecule has 1 saturated heterocycles.